The second-order valence-corrected chi connectivity index (χ2v) is 8.76. The van der Waals surface area contributed by atoms with Crippen LogP contribution in [-0.4, -0.2) is 48.2 Å². The summed E-state index contributed by atoms with van der Waals surface area (Å²) in [5, 5.41) is 19.6. The van der Waals surface area contributed by atoms with Crippen molar-refractivity contribution in [3.8, 4) is 6.07 Å². The Morgan fingerprint density at radius 2 is 1.76 bits per heavy atom. The number of carbonyl (C=O) groups is 1. The van der Waals surface area contributed by atoms with Crippen molar-refractivity contribution in [1.82, 2.24) is 4.90 Å². The van der Waals surface area contributed by atoms with Gasteiger partial charge in [0.25, 0.3) is 5.91 Å². The van der Waals surface area contributed by atoms with Crippen LogP contribution < -0.4 is 4.90 Å². The van der Waals surface area contributed by atoms with Gasteiger partial charge < -0.3 is 14.9 Å². The Morgan fingerprint density at radius 3 is 2.48 bits per heavy atom. The Kier molecular flexibility index (Phi) is 6.19. The van der Waals surface area contributed by atoms with Crippen LogP contribution in [0.2, 0.25) is 0 Å². The first kappa shape index (κ1) is 20.0. The molecule has 2 aromatic rings. The average molecular weight is 408 g/mol. The fourth-order valence-electron chi connectivity index (χ4n) is 4.04. The number of carbonyl (C=O) groups excluding carboxylic acids is 1. The van der Waals surface area contributed by atoms with Crippen LogP contribution in [-0.2, 0) is 4.79 Å². The summed E-state index contributed by atoms with van der Waals surface area (Å²) in [5.41, 5.74) is 2.29. The fraction of sp³-hybridized carbons (Fsp3) is 0.391. The summed E-state index contributed by atoms with van der Waals surface area (Å²) >= 11 is 1.51. The third kappa shape index (κ3) is 4.32. The number of aliphatic hydroxyl groups excluding tert-OH is 1. The molecule has 4 rings (SSSR count). The zero-order chi connectivity index (χ0) is 20.2. The van der Waals surface area contributed by atoms with E-state index in [9.17, 15) is 9.90 Å². The third-order valence-electron chi connectivity index (χ3n) is 5.67. The standard InChI is InChI=1S/C23H25N3O2S/c24-16-17-8-10-18(11-9-17)22-21(27)23(28)26(15-14-25-12-4-1-5-13-25)19-6-2-3-7-20(19)29-22/h2-3,6-11,21-22,27H,1,4-5,12-15H2. The zero-order valence-corrected chi connectivity index (χ0v) is 17.1. The smallest absolute Gasteiger partial charge is 0.257 e. The average Bonchev–Trinajstić information content (AvgIpc) is 2.88. The number of hydrogen-bond acceptors (Lipinski definition) is 5. The molecule has 1 amide bonds. The molecule has 5 nitrogen and oxygen atoms in total. The third-order valence-corrected chi connectivity index (χ3v) is 7.06. The number of nitrogens with zero attached hydrogens (tertiary/aromatic N) is 3. The van der Waals surface area contributed by atoms with Gasteiger partial charge in [0, 0.05) is 18.0 Å². The van der Waals surface area contributed by atoms with E-state index >= 15 is 0 Å². The minimum atomic E-state index is -1.14. The highest BCUT2D eigenvalue weighted by atomic mass is 32.2. The number of aliphatic hydroxyl groups is 1. The molecule has 1 saturated heterocycles. The van der Waals surface area contributed by atoms with Gasteiger partial charge in [-0.1, -0.05) is 30.7 Å². The zero-order valence-electron chi connectivity index (χ0n) is 16.3. The highest BCUT2D eigenvalue weighted by Crippen LogP contribution is 2.45. The number of benzene rings is 2. The Hall–Kier alpha value is -2.33. The van der Waals surface area contributed by atoms with Crippen molar-refractivity contribution in [2.45, 2.75) is 35.5 Å². The Bertz CT molecular complexity index is 903. The van der Waals surface area contributed by atoms with Crippen LogP contribution in [0.25, 0.3) is 0 Å². The first-order valence-electron chi connectivity index (χ1n) is 10.1. The molecule has 2 aliphatic heterocycles. The number of para-hydroxylation sites is 1. The predicted octanol–water partition coefficient (Wildman–Crippen LogP) is 3.59. The Balaban J connectivity index is 1.61. The van der Waals surface area contributed by atoms with Crippen LogP contribution in [0, 0.1) is 11.3 Å². The predicted molar refractivity (Wildman–Crippen MR) is 115 cm³/mol. The summed E-state index contributed by atoms with van der Waals surface area (Å²) < 4.78 is 0. The van der Waals surface area contributed by atoms with Gasteiger partial charge in [-0.15, -0.1) is 11.8 Å². The summed E-state index contributed by atoms with van der Waals surface area (Å²) in [5.74, 6) is -0.256. The van der Waals surface area contributed by atoms with Crippen molar-refractivity contribution in [3.05, 3.63) is 59.7 Å². The van der Waals surface area contributed by atoms with Crippen LogP contribution in [0.5, 0.6) is 0 Å². The molecule has 0 spiro atoms. The maximum absolute atomic E-state index is 13.3. The van der Waals surface area contributed by atoms with Gasteiger partial charge in [0.05, 0.1) is 22.6 Å². The molecule has 2 aliphatic rings. The van der Waals surface area contributed by atoms with Crippen LogP contribution >= 0.6 is 11.8 Å². The molecule has 2 aromatic carbocycles. The van der Waals surface area contributed by atoms with E-state index in [1.54, 1.807) is 17.0 Å². The summed E-state index contributed by atoms with van der Waals surface area (Å²) in [6.07, 6.45) is 2.57. The van der Waals surface area contributed by atoms with Gasteiger partial charge in [-0.25, -0.2) is 0 Å². The van der Waals surface area contributed by atoms with E-state index in [1.165, 1.54) is 31.0 Å². The molecule has 150 valence electrons. The first-order valence-corrected chi connectivity index (χ1v) is 11.0. The lowest BCUT2D eigenvalue weighted by atomic mass is 10.0. The van der Waals surface area contributed by atoms with Gasteiger partial charge in [0.1, 0.15) is 6.10 Å². The fourth-order valence-corrected chi connectivity index (χ4v) is 5.31. The molecule has 2 atom stereocenters. The van der Waals surface area contributed by atoms with Crippen molar-refractivity contribution in [2.24, 2.45) is 0 Å². The molecule has 6 heteroatoms. The topological polar surface area (TPSA) is 67.6 Å². The van der Waals surface area contributed by atoms with Crippen LogP contribution in [0.15, 0.2) is 53.4 Å². The van der Waals surface area contributed by atoms with Crippen molar-refractivity contribution in [1.29, 1.82) is 5.26 Å². The molecule has 1 fully saturated rings. The quantitative estimate of drug-likeness (QED) is 0.839. The van der Waals surface area contributed by atoms with Crippen molar-refractivity contribution in [2.75, 3.05) is 31.1 Å². The lowest BCUT2D eigenvalue weighted by molar-refractivity contribution is -0.126. The lowest BCUT2D eigenvalue weighted by Crippen LogP contribution is -2.45. The molecule has 2 unspecified atom stereocenters. The van der Waals surface area contributed by atoms with E-state index in [0.717, 1.165) is 35.8 Å². The molecular formula is C23H25N3O2S. The summed E-state index contributed by atoms with van der Waals surface area (Å²) in [4.78, 5) is 18.4. The van der Waals surface area contributed by atoms with Gasteiger partial charge in [0.2, 0.25) is 0 Å². The number of thioether (sulfide) groups is 1. The lowest BCUT2D eigenvalue weighted by Gasteiger charge is -2.30. The van der Waals surface area contributed by atoms with E-state index in [4.69, 9.17) is 5.26 Å². The minimum Gasteiger partial charge on any atom is -0.382 e. The summed E-state index contributed by atoms with van der Waals surface area (Å²) in [6, 6.07) is 17.1. The number of piperidine rings is 1. The monoisotopic (exact) mass is 407 g/mol. The van der Waals surface area contributed by atoms with E-state index in [0.29, 0.717) is 12.1 Å². The molecule has 0 aromatic heterocycles. The Morgan fingerprint density at radius 1 is 1.03 bits per heavy atom. The van der Waals surface area contributed by atoms with E-state index in [1.807, 2.05) is 36.4 Å². The second kappa shape index (κ2) is 9.00. The number of rotatable bonds is 4. The second-order valence-electron chi connectivity index (χ2n) is 7.58. The highest BCUT2D eigenvalue weighted by molar-refractivity contribution is 7.99. The van der Waals surface area contributed by atoms with E-state index in [-0.39, 0.29) is 5.91 Å². The number of likely N-dealkylation sites (tertiary alicyclic amines) is 1. The highest BCUT2D eigenvalue weighted by Gasteiger charge is 2.37. The van der Waals surface area contributed by atoms with Crippen molar-refractivity contribution < 1.29 is 9.90 Å². The normalized spacial score (nSPS) is 22.6. The SMILES string of the molecule is N#Cc1ccc(C2Sc3ccccc3N(CCN3CCCCC3)C(=O)C2O)cc1. The van der Waals surface area contributed by atoms with Crippen LogP contribution in [0.1, 0.15) is 35.6 Å². The number of nitriles is 1. The van der Waals surface area contributed by atoms with Gasteiger partial charge in [0.15, 0.2) is 0 Å². The maximum Gasteiger partial charge on any atom is 0.257 e. The molecular weight excluding hydrogens is 382 g/mol. The van der Waals surface area contributed by atoms with Gasteiger partial charge >= 0.3 is 0 Å². The molecule has 0 saturated carbocycles. The van der Waals surface area contributed by atoms with Gasteiger partial charge in [-0.3, -0.25) is 4.79 Å². The maximum atomic E-state index is 13.3. The number of fused-ring (bicyclic) bond motifs is 1. The number of hydrogen-bond donors (Lipinski definition) is 1. The summed E-state index contributed by atoms with van der Waals surface area (Å²) in [6.45, 7) is 3.55. The van der Waals surface area contributed by atoms with Crippen molar-refractivity contribution >= 4 is 23.4 Å². The van der Waals surface area contributed by atoms with Crippen molar-refractivity contribution in [3.63, 3.8) is 0 Å². The molecule has 0 radical (unpaired) electrons. The Labute approximate surface area is 175 Å². The molecule has 0 bridgehead atoms. The van der Waals surface area contributed by atoms with E-state index < -0.39 is 11.4 Å². The van der Waals surface area contributed by atoms with Gasteiger partial charge in [-0.05, 0) is 55.8 Å². The number of amides is 1. The van der Waals surface area contributed by atoms with Crippen LogP contribution in [0.4, 0.5) is 5.69 Å². The van der Waals surface area contributed by atoms with Gasteiger partial charge in [-0.2, -0.15) is 5.26 Å². The largest absolute Gasteiger partial charge is 0.382 e. The molecule has 29 heavy (non-hydrogen) atoms. The minimum absolute atomic E-state index is 0.256. The van der Waals surface area contributed by atoms with E-state index in [2.05, 4.69) is 11.0 Å². The first-order chi connectivity index (χ1) is 14.2. The summed E-state index contributed by atoms with van der Waals surface area (Å²) in [7, 11) is 0. The molecule has 2 heterocycles. The number of anilines is 1. The molecule has 1 N–H and O–H groups in total. The molecule has 0 aliphatic carbocycles. The van der Waals surface area contributed by atoms with Crippen LogP contribution in [0.3, 0.4) is 0 Å².